The number of aryl methyl sites for hydroxylation is 1. The van der Waals surface area contributed by atoms with Gasteiger partial charge in [-0.25, -0.2) is 0 Å². The third-order valence-corrected chi connectivity index (χ3v) is 4.77. The minimum atomic E-state index is -0.765. The zero-order valence-corrected chi connectivity index (χ0v) is 17.9. The maximum Gasteiger partial charge on any atom is 0.311 e. The van der Waals surface area contributed by atoms with Crippen molar-refractivity contribution in [1.82, 2.24) is 10.4 Å². The Labute approximate surface area is 185 Å². The van der Waals surface area contributed by atoms with Gasteiger partial charge in [0.25, 0.3) is 11.8 Å². The van der Waals surface area contributed by atoms with E-state index in [4.69, 9.17) is 9.47 Å². The van der Waals surface area contributed by atoms with Crippen LogP contribution in [0.4, 0.5) is 5.69 Å². The number of carbonyl (C=O) groups excluding carboxylic acids is 4. The number of anilines is 1. The number of hydrogen-bond donors (Lipinski definition) is 2. The molecule has 9 nitrogen and oxygen atoms in total. The predicted molar refractivity (Wildman–Crippen MR) is 116 cm³/mol. The number of nitrogens with zero attached hydrogens (tertiary/aromatic N) is 1. The zero-order chi connectivity index (χ0) is 23.1. The molecule has 3 amide bonds. The van der Waals surface area contributed by atoms with Crippen molar-refractivity contribution in [2.45, 2.75) is 20.3 Å². The maximum absolute atomic E-state index is 12.3. The van der Waals surface area contributed by atoms with Crippen molar-refractivity contribution in [3.63, 3.8) is 0 Å². The standard InChI is InChI=1S/C23H25N3O6/c1-3-31-19-9-7-18(8-10-19)24-20(27)14-32-23(30)17-12-21(28)26(13-17)25-22(29)16-6-4-5-15(2)11-16/h4-11,17H,3,12-14H2,1-2H3,(H,24,27)(H,25,29)/t17-/m1/s1. The van der Waals surface area contributed by atoms with E-state index in [0.29, 0.717) is 23.6 Å². The van der Waals surface area contributed by atoms with Crippen LogP contribution in [0, 0.1) is 12.8 Å². The quantitative estimate of drug-likeness (QED) is 0.609. The topological polar surface area (TPSA) is 114 Å². The molecule has 0 radical (unpaired) electrons. The number of ether oxygens (including phenoxy) is 2. The number of rotatable bonds is 8. The Balaban J connectivity index is 1.45. The summed E-state index contributed by atoms with van der Waals surface area (Å²) in [5.41, 5.74) is 4.38. The second kappa shape index (κ2) is 10.4. The Hall–Kier alpha value is -3.88. The molecule has 3 rings (SSSR count). The van der Waals surface area contributed by atoms with E-state index in [1.165, 1.54) is 0 Å². The highest BCUT2D eigenvalue weighted by Crippen LogP contribution is 2.19. The van der Waals surface area contributed by atoms with E-state index in [1.54, 1.807) is 42.5 Å². The van der Waals surface area contributed by atoms with Gasteiger partial charge in [0.05, 0.1) is 19.1 Å². The van der Waals surface area contributed by atoms with Crippen LogP contribution in [0.15, 0.2) is 48.5 Å². The van der Waals surface area contributed by atoms with E-state index < -0.39 is 36.2 Å². The molecule has 1 heterocycles. The lowest BCUT2D eigenvalue weighted by atomic mass is 10.1. The van der Waals surface area contributed by atoms with Crippen LogP contribution >= 0.6 is 0 Å². The summed E-state index contributed by atoms with van der Waals surface area (Å²) in [7, 11) is 0. The second-order valence-corrected chi connectivity index (χ2v) is 7.33. The molecule has 168 valence electrons. The SMILES string of the molecule is CCOc1ccc(NC(=O)COC(=O)[C@@H]2CC(=O)N(NC(=O)c3cccc(C)c3)C2)cc1. The van der Waals surface area contributed by atoms with Crippen LogP contribution in [-0.2, 0) is 19.1 Å². The fourth-order valence-electron chi connectivity index (χ4n) is 3.20. The predicted octanol–water partition coefficient (Wildman–Crippen LogP) is 2.07. The molecule has 32 heavy (non-hydrogen) atoms. The molecular weight excluding hydrogens is 414 g/mol. The van der Waals surface area contributed by atoms with Crippen molar-refractivity contribution in [2.24, 2.45) is 5.92 Å². The van der Waals surface area contributed by atoms with Gasteiger partial charge in [-0.1, -0.05) is 17.7 Å². The Morgan fingerprint density at radius 3 is 2.56 bits per heavy atom. The molecule has 0 unspecified atom stereocenters. The lowest BCUT2D eigenvalue weighted by molar-refractivity contribution is -0.151. The molecule has 9 heteroatoms. The first-order valence-electron chi connectivity index (χ1n) is 10.2. The molecular formula is C23H25N3O6. The first kappa shape index (κ1) is 22.8. The summed E-state index contributed by atoms with van der Waals surface area (Å²) in [4.78, 5) is 48.9. The van der Waals surface area contributed by atoms with E-state index in [9.17, 15) is 19.2 Å². The number of benzene rings is 2. The Morgan fingerprint density at radius 1 is 1.12 bits per heavy atom. The molecule has 0 spiro atoms. The summed E-state index contributed by atoms with van der Waals surface area (Å²) in [6.07, 6.45) is -0.104. The van der Waals surface area contributed by atoms with Crippen LogP contribution in [-0.4, -0.2) is 48.5 Å². The highest BCUT2D eigenvalue weighted by Gasteiger charge is 2.36. The van der Waals surface area contributed by atoms with Gasteiger partial charge in [0.15, 0.2) is 6.61 Å². The molecule has 2 aromatic rings. The summed E-state index contributed by atoms with van der Waals surface area (Å²) in [6, 6.07) is 13.7. The Kier molecular flexibility index (Phi) is 7.43. The maximum atomic E-state index is 12.3. The summed E-state index contributed by atoms with van der Waals surface area (Å²) >= 11 is 0. The lowest BCUT2D eigenvalue weighted by Gasteiger charge is -2.17. The summed E-state index contributed by atoms with van der Waals surface area (Å²) in [5, 5.41) is 3.73. The normalized spacial score (nSPS) is 15.2. The molecule has 1 fully saturated rings. The van der Waals surface area contributed by atoms with Gasteiger partial charge in [0, 0.05) is 17.7 Å². The largest absolute Gasteiger partial charge is 0.494 e. The van der Waals surface area contributed by atoms with Crippen LogP contribution < -0.4 is 15.5 Å². The molecule has 0 bridgehead atoms. The molecule has 1 aliphatic heterocycles. The zero-order valence-electron chi connectivity index (χ0n) is 17.9. The van der Waals surface area contributed by atoms with Gasteiger partial charge in [-0.3, -0.25) is 29.6 Å². The summed E-state index contributed by atoms with van der Waals surface area (Å²) in [6.45, 7) is 3.77. The van der Waals surface area contributed by atoms with Gasteiger partial charge < -0.3 is 14.8 Å². The van der Waals surface area contributed by atoms with Crippen molar-refractivity contribution >= 4 is 29.4 Å². The van der Waals surface area contributed by atoms with Crippen LogP contribution in [0.25, 0.3) is 0 Å². The van der Waals surface area contributed by atoms with E-state index in [-0.39, 0.29) is 13.0 Å². The van der Waals surface area contributed by atoms with Gasteiger partial charge in [-0.05, 0) is 50.2 Å². The minimum absolute atomic E-state index is 0.0181. The van der Waals surface area contributed by atoms with Gasteiger partial charge >= 0.3 is 5.97 Å². The fraction of sp³-hybridized carbons (Fsp3) is 0.304. The highest BCUT2D eigenvalue weighted by molar-refractivity contribution is 5.97. The number of esters is 1. The van der Waals surface area contributed by atoms with Gasteiger partial charge in [-0.15, -0.1) is 0 Å². The molecule has 0 aromatic heterocycles. The van der Waals surface area contributed by atoms with Crippen molar-refractivity contribution < 1.29 is 28.7 Å². The fourth-order valence-corrected chi connectivity index (χ4v) is 3.20. The number of carbonyl (C=O) groups is 4. The molecule has 0 saturated carbocycles. The minimum Gasteiger partial charge on any atom is -0.494 e. The molecule has 1 atom stereocenters. The summed E-state index contributed by atoms with van der Waals surface area (Å²) < 4.78 is 10.4. The smallest absolute Gasteiger partial charge is 0.311 e. The Bertz CT molecular complexity index is 1010. The van der Waals surface area contributed by atoms with E-state index in [1.807, 2.05) is 19.9 Å². The van der Waals surface area contributed by atoms with Crippen molar-refractivity contribution in [3.8, 4) is 5.75 Å². The van der Waals surface area contributed by atoms with Crippen molar-refractivity contribution in [3.05, 3.63) is 59.7 Å². The van der Waals surface area contributed by atoms with Crippen molar-refractivity contribution in [2.75, 3.05) is 25.1 Å². The molecule has 2 aromatic carbocycles. The number of amides is 3. The van der Waals surface area contributed by atoms with E-state index >= 15 is 0 Å². The monoisotopic (exact) mass is 439 g/mol. The van der Waals surface area contributed by atoms with Gasteiger partial charge in [-0.2, -0.15) is 0 Å². The summed E-state index contributed by atoms with van der Waals surface area (Å²) in [5.74, 6) is -2.10. The first-order valence-corrected chi connectivity index (χ1v) is 10.2. The number of hydrazine groups is 1. The van der Waals surface area contributed by atoms with Gasteiger partial charge in [0.1, 0.15) is 5.75 Å². The average Bonchev–Trinajstić information content (AvgIpc) is 3.14. The van der Waals surface area contributed by atoms with Crippen LogP contribution in [0.5, 0.6) is 5.75 Å². The van der Waals surface area contributed by atoms with E-state index in [2.05, 4.69) is 10.7 Å². The highest BCUT2D eigenvalue weighted by atomic mass is 16.5. The molecule has 0 aliphatic carbocycles. The molecule has 2 N–H and O–H groups in total. The third-order valence-electron chi connectivity index (χ3n) is 4.77. The Morgan fingerprint density at radius 2 is 1.88 bits per heavy atom. The van der Waals surface area contributed by atoms with E-state index in [0.717, 1.165) is 10.6 Å². The van der Waals surface area contributed by atoms with Crippen LogP contribution in [0.2, 0.25) is 0 Å². The average molecular weight is 439 g/mol. The first-order chi connectivity index (χ1) is 15.4. The number of hydrogen-bond acceptors (Lipinski definition) is 6. The van der Waals surface area contributed by atoms with Crippen LogP contribution in [0.3, 0.4) is 0 Å². The lowest BCUT2D eigenvalue weighted by Crippen LogP contribution is -2.43. The third kappa shape index (κ3) is 6.07. The van der Waals surface area contributed by atoms with Gasteiger partial charge in [0.2, 0.25) is 5.91 Å². The number of nitrogens with one attached hydrogen (secondary N) is 2. The van der Waals surface area contributed by atoms with Crippen molar-refractivity contribution in [1.29, 1.82) is 0 Å². The molecule has 1 aliphatic rings. The molecule has 1 saturated heterocycles. The second-order valence-electron chi connectivity index (χ2n) is 7.33. The van der Waals surface area contributed by atoms with Crippen LogP contribution in [0.1, 0.15) is 29.3 Å².